The molecular formula is C10H18N4O3. The summed E-state index contributed by atoms with van der Waals surface area (Å²) in [7, 11) is 1.49. The Bertz CT molecular complexity index is 491. The zero-order valence-electron chi connectivity index (χ0n) is 10.2. The van der Waals surface area contributed by atoms with E-state index in [2.05, 4.69) is 10.3 Å². The van der Waals surface area contributed by atoms with Gasteiger partial charge >= 0.3 is 5.69 Å². The summed E-state index contributed by atoms with van der Waals surface area (Å²) in [6.45, 7) is 4.81. The molecule has 0 saturated heterocycles. The quantitative estimate of drug-likeness (QED) is 0.645. The maximum absolute atomic E-state index is 11.5. The lowest BCUT2D eigenvalue weighted by molar-refractivity contribution is 0.0855. The summed E-state index contributed by atoms with van der Waals surface area (Å²) >= 11 is 0. The minimum atomic E-state index is -0.532. The van der Waals surface area contributed by atoms with Crippen molar-refractivity contribution >= 4 is 11.5 Å². The molecule has 0 spiro atoms. The summed E-state index contributed by atoms with van der Waals surface area (Å²) in [6.07, 6.45) is -0.0453. The second kappa shape index (κ2) is 5.53. The van der Waals surface area contributed by atoms with Gasteiger partial charge in [0.1, 0.15) is 11.5 Å². The maximum Gasteiger partial charge on any atom is 0.329 e. The van der Waals surface area contributed by atoms with Crippen LogP contribution in [0.25, 0.3) is 0 Å². The fraction of sp³-hybridized carbons (Fsp3) is 0.600. The third kappa shape index (κ3) is 3.10. The van der Waals surface area contributed by atoms with E-state index in [1.165, 1.54) is 11.6 Å². The van der Waals surface area contributed by atoms with Crippen LogP contribution in [0.15, 0.2) is 9.59 Å². The van der Waals surface area contributed by atoms with E-state index >= 15 is 0 Å². The van der Waals surface area contributed by atoms with Gasteiger partial charge in [0.25, 0.3) is 5.56 Å². The van der Waals surface area contributed by atoms with Crippen molar-refractivity contribution in [1.82, 2.24) is 9.55 Å². The minimum absolute atomic E-state index is 0.0453. The molecule has 1 unspecified atom stereocenters. The summed E-state index contributed by atoms with van der Waals surface area (Å²) in [6, 6.07) is 0. The molecule has 0 bridgehead atoms. The fourth-order valence-electron chi connectivity index (χ4n) is 1.40. The molecule has 96 valence electrons. The maximum atomic E-state index is 11.5. The normalized spacial score (nSPS) is 12.4. The minimum Gasteiger partial charge on any atom is -0.383 e. The number of hydrogen-bond donors (Lipinski definition) is 3. The highest BCUT2D eigenvalue weighted by Gasteiger charge is 2.10. The van der Waals surface area contributed by atoms with E-state index in [1.807, 2.05) is 13.8 Å². The van der Waals surface area contributed by atoms with Crippen molar-refractivity contribution in [1.29, 1.82) is 0 Å². The third-order valence-electron chi connectivity index (χ3n) is 2.39. The topological polar surface area (TPSA) is 102 Å². The van der Waals surface area contributed by atoms with Gasteiger partial charge in [0.15, 0.2) is 0 Å². The molecule has 0 radical (unpaired) electrons. The van der Waals surface area contributed by atoms with Crippen LogP contribution in [-0.4, -0.2) is 28.8 Å². The highest BCUT2D eigenvalue weighted by atomic mass is 16.5. The van der Waals surface area contributed by atoms with E-state index < -0.39 is 11.2 Å². The summed E-state index contributed by atoms with van der Waals surface area (Å²) in [5.74, 6) is 0.113. The van der Waals surface area contributed by atoms with Crippen LogP contribution in [0.3, 0.4) is 0 Å². The molecule has 0 fully saturated rings. The van der Waals surface area contributed by atoms with Crippen LogP contribution >= 0.6 is 0 Å². The van der Waals surface area contributed by atoms with Gasteiger partial charge in [-0.2, -0.15) is 0 Å². The molecule has 0 amide bonds. The molecule has 17 heavy (non-hydrogen) atoms. The summed E-state index contributed by atoms with van der Waals surface area (Å²) in [5, 5.41) is 2.88. The standard InChI is InChI=1S/C10H18N4O3/c1-4-17-6(2)5-12-7-8(11)14(3)10(16)13-9(7)15/h6,12H,4-5,11H2,1-3H3,(H,13,15,16). The van der Waals surface area contributed by atoms with Gasteiger partial charge in [0.05, 0.1) is 6.10 Å². The first-order valence-corrected chi connectivity index (χ1v) is 5.41. The molecule has 7 heteroatoms. The van der Waals surface area contributed by atoms with Gasteiger partial charge in [-0.25, -0.2) is 4.79 Å². The van der Waals surface area contributed by atoms with Crippen molar-refractivity contribution in [3.63, 3.8) is 0 Å². The lowest BCUT2D eigenvalue weighted by Crippen LogP contribution is -2.33. The Labute approximate surface area is 98.6 Å². The van der Waals surface area contributed by atoms with Crippen LogP contribution in [0.5, 0.6) is 0 Å². The van der Waals surface area contributed by atoms with Crippen molar-refractivity contribution in [2.24, 2.45) is 7.05 Å². The molecule has 7 nitrogen and oxygen atoms in total. The molecule has 1 heterocycles. The van der Waals surface area contributed by atoms with Crippen molar-refractivity contribution < 1.29 is 4.74 Å². The second-order valence-electron chi connectivity index (χ2n) is 3.73. The SMILES string of the molecule is CCOC(C)CNc1c(N)n(C)c(=O)[nH]c1=O. The number of nitrogens with one attached hydrogen (secondary N) is 2. The van der Waals surface area contributed by atoms with E-state index in [0.717, 1.165) is 0 Å². The first-order valence-electron chi connectivity index (χ1n) is 5.41. The van der Waals surface area contributed by atoms with Crippen molar-refractivity contribution in [3.8, 4) is 0 Å². The third-order valence-corrected chi connectivity index (χ3v) is 2.39. The van der Waals surface area contributed by atoms with E-state index in [4.69, 9.17) is 10.5 Å². The second-order valence-corrected chi connectivity index (χ2v) is 3.73. The molecule has 0 aliphatic carbocycles. The molecule has 1 aromatic heterocycles. The molecule has 1 rings (SSSR count). The van der Waals surface area contributed by atoms with Gasteiger partial charge < -0.3 is 15.8 Å². The molecule has 0 aliphatic rings. The van der Waals surface area contributed by atoms with Gasteiger partial charge in [-0.05, 0) is 13.8 Å². The number of aromatic amines is 1. The number of ether oxygens (including phenoxy) is 1. The van der Waals surface area contributed by atoms with Gasteiger partial charge in [0.2, 0.25) is 0 Å². The molecule has 4 N–H and O–H groups in total. The first kappa shape index (κ1) is 13.3. The lowest BCUT2D eigenvalue weighted by Gasteiger charge is -2.15. The molecule has 1 aromatic rings. The van der Waals surface area contributed by atoms with Crippen LogP contribution < -0.4 is 22.3 Å². The Hall–Kier alpha value is -1.76. The van der Waals surface area contributed by atoms with Crippen LogP contribution in [0.2, 0.25) is 0 Å². The fourth-order valence-corrected chi connectivity index (χ4v) is 1.40. The van der Waals surface area contributed by atoms with Crippen molar-refractivity contribution in [2.75, 3.05) is 24.2 Å². The van der Waals surface area contributed by atoms with Crippen LogP contribution in [-0.2, 0) is 11.8 Å². The number of hydrogen-bond acceptors (Lipinski definition) is 5. The van der Waals surface area contributed by atoms with Gasteiger partial charge in [0, 0.05) is 20.2 Å². The van der Waals surface area contributed by atoms with E-state index in [0.29, 0.717) is 13.2 Å². The van der Waals surface area contributed by atoms with Crippen molar-refractivity contribution in [3.05, 3.63) is 20.8 Å². The Balaban J connectivity index is 2.89. The number of nitrogen functional groups attached to an aromatic ring is 1. The average Bonchev–Trinajstić information content (AvgIpc) is 2.26. The highest BCUT2D eigenvalue weighted by molar-refractivity contribution is 5.60. The molecular weight excluding hydrogens is 224 g/mol. The van der Waals surface area contributed by atoms with Gasteiger partial charge in [-0.1, -0.05) is 0 Å². The van der Waals surface area contributed by atoms with Gasteiger partial charge in [-0.15, -0.1) is 0 Å². The first-order chi connectivity index (χ1) is 7.97. The van der Waals surface area contributed by atoms with E-state index in [1.54, 1.807) is 0 Å². The Kier molecular flexibility index (Phi) is 4.33. The predicted octanol–water partition coefficient (Wildman–Crippen LogP) is -0.507. The molecule has 0 aromatic carbocycles. The molecule has 0 saturated carbocycles. The Morgan fingerprint density at radius 3 is 2.76 bits per heavy atom. The van der Waals surface area contributed by atoms with E-state index in [-0.39, 0.29) is 17.6 Å². The Morgan fingerprint density at radius 1 is 1.53 bits per heavy atom. The summed E-state index contributed by atoms with van der Waals surface area (Å²) in [5.41, 5.74) is 4.83. The zero-order valence-corrected chi connectivity index (χ0v) is 10.2. The molecule has 0 aliphatic heterocycles. The number of nitrogens with zero attached hydrogens (tertiary/aromatic N) is 1. The van der Waals surface area contributed by atoms with E-state index in [9.17, 15) is 9.59 Å². The number of anilines is 2. The Morgan fingerprint density at radius 2 is 2.18 bits per heavy atom. The largest absolute Gasteiger partial charge is 0.383 e. The smallest absolute Gasteiger partial charge is 0.329 e. The lowest BCUT2D eigenvalue weighted by atomic mass is 10.3. The summed E-state index contributed by atoms with van der Waals surface area (Å²) < 4.78 is 6.49. The molecule has 1 atom stereocenters. The predicted molar refractivity (Wildman–Crippen MR) is 66.3 cm³/mol. The van der Waals surface area contributed by atoms with Crippen molar-refractivity contribution in [2.45, 2.75) is 20.0 Å². The van der Waals surface area contributed by atoms with Crippen LogP contribution in [0.4, 0.5) is 11.5 Å². The summed E-state index contributed by atoms with van der Waals surface area (Å²) in [4.78, 5) is 24.9. The average molecular weight is 242 g/mol. The number of H-pyrrole nitrogens is 1. The van der Waals surface area contributed by atoms with Gasteiger partial charge in [-0.3, -0.25) is 14.3 Å². The number of rotatable bonds is 5. The number of nitrogens with two attached hydrogens (primary N) is 1. The zero-order chi connectivity index (χ0) is 13.0. The highest BCUT2D eigenvalue weighted by Crippen LogP contribution is 2.08. The van der Waals surface area contributed by atoms with Crippen LogP contribution in [0, 0.1) is 0 Å². The van der Waals surface area contributed by atoms with Crippen LogP contribution in [0.1, 0.15) is 13.8 Å². The number of aromatic nitrogens is 2. The monoisotopic (exact) mass is 242 g/mol.